The predicted molar refractivity (Wildman–Crippen MR) is 126 cm³/mol. The summed E-state index contributed by atoms with van der Waals surface area (Å²) in [5.74, 6) is -0.319. The van der Waals surface area contributed by atoms with Crippen molar-refractivity contribution in [2.75, 3.05) is 5.32 Å². The molecule has 33 heavy (non-hydrogen) atoms. The van der Waals surface area contributed by atoms with Crippen LogP contribution in [0.1, 0.15) is 87.2 Å². The number of aromatic nitrogens is 2. The SMILES string of the molecule is C[C@@H]1C[C@@](O)(c2ccc(NC(=O)c3nc(C#N)c[nH]3)c(C3=CCC(C)(C)CC3)c2)C[C@H](C)O1. The molecule has 174 valence electrons. The molecule has 0 radical (unpaired) electrons. The molecule has 2 heterocycles. The first-order chi connectivity index (χ1) is 15.6. The van der Waals surface area contributed by atoms with E-state index < -0.39 is 11.5 Å². The van der Waals surface area contributed by atoms with E-state index in [0.717, 1.165) is 30.4 Å². The highest BCUT2D eigenvalue weighted by molar-refractivity contribution is 6.03. The molecule has 1 aliphatic carbocycles. The van der Waals surface area contributed by atoms with Crippen LogP contribution in [-0.2, 0) is 10.3 Å². The molecule has 0 spiro atoms. The minimum absolute atomic E-state index is 0.0374. The van der Waals surface area contributed by atoms with E-state index in [-0.39, 0.29) is 29.1 Å². The number of amides is 1. The Hall–Kier alpha value is -2.95. The van der Waals surface area contributed by atoms with Crippen molar-refractivity contribution in [2.24, 2.45) is 5.41 Å². The van der Waals surface area contributed by atoms with Gasteiger partial charge in [0.15, 0.2) is 11.5 Å². The van der Waals surface area contributed by atoms with Crippen LogP contribution in [0.25, 0.3) is 5.57 Å². The number of aliphatic hydroxyl groups is 1. The van der Waals surface area contributed by atoms with Crippen LogP contribution in [0, 0.1) is 16.7 Å². The molecular formula is C26H32N4O3. The third-order valence-corrected chi connectivity index (χ3v) is 6.75. The molecule has 1 aromatic carbocycles. The largest absolute Gasteiger partial charge is 0.385 e. The van der Waals surface area contributed by atoms with Crippen LogP contribution >= 0.6 is 0 Å². The number of nitriles is 1. The Balaban J connectivity index is 1.71. The number of nitrogens with zero attached hydrogens (tertiary/aromatic N) is 2. The molecule has 2 aliphatic rings. The number of H-pyrrole nitrogens is 1. The molecule has 3 atom stereocenters. The molecule has 0 bridgehead atoms. The molecule has 1 amide bonds. The van der Waals surface area contributed by atoms with Gasteiger partial charge in [-0.3, -0.25) is 4.79 Å². The smallest absolute Gasteiger partial charge is 0.291 e. The number of aromatic amines is 1. The lowest BCUT2D eigenvalue weighted by atomic mass is 9.75. The van der Waals surface area contributed by atoms with Crippen LogP contribution in [-0.4, -0.2) is 33.2 Å². The van der Waals surface area contributed by atoms with Crippen LogP contribution in [0.3, 0.4) is 0 Å². The van der Waals surface area contributed by atoms with Gasteiger partial charge in [-0.05, 0) is 61.8 Å². The molecule has 0 unspecified atom stereocenters. The number of allylic oxidation sites excluding steroid dienone is 2. The lowest BCUT2D eigenvalue weighted by Crippen LogP contribution is -2.41. The van der Waals surface area contributed by atoms with E-state index >= 15 is 0 Å². The highest BCUT2D eigenvalue weighted by Gasteiger charge is 2.39. The van der Waals surface area contributed by atoms with Crippen LogP contribution in [0.5, 0.6) is 0 Å². The van der Waals surface area contributed by atoms with Gasteiger partial charge in [-0.15, -0.1) is 0 Å². The lowest BCUT2D eigenvalue weighted by Gasteiger charge is -2.40. The van der Waals surface area contributed by atoms with E-state index in [0.29, 0.717) is 18.5 Å². The number of rotatable bonds is 4. The fourth-order valence-corrected chi connectivity index (χ4v) is 4.97. The highest BCUT2D eigenvalue weighted by Crippen LogP contribution is 2.43. The van der Waals surface area contributed by atoms with Crippen LogP contribution in [0.4, 0.5) is 5.69 Å². The summed E-state index contributed by atoms with van der Waals surface area (Å²) in [7, 11) is 0. The van der Waals surface area contributed by atoms with Gasteiger partial charge in [0, 0.05) is 30.3 Å². The summed E-state index contributed by atoms with van der Waals surface area (Å²) in [5.41, 5.74) is 3.03. The molecule has 1 aliphatic heterocycles. The number of carbonyl (C=O) groups excluding carboxylic acids is 1. The standard InChI is InChI=1S/C26H32N4O3/c1-16-12-26(32,13-17(2)33-16)19-5-6-22(30-24(31)23-28-15-20(14-27)29-23)21(11-19)18-7-9-25(3,4)10-8-18/h5-7,11,15-17,32H,8-10,12-13H2,1-4H3,(H,28,29)(H,30,31)/t16-,17+,26+. The Morgan fingerprint density at radius 2 is 2.03 bits per heavy atom. The summed E-state index contributed by atoms with van der Waals surface area (Å²) in [5, 5.41) is 23.5. The van der Waals surface area contributed by atoms with Crippen molar-refractivity contribution in [2.45, 2.75) is 77.6 Å². The summed E-state index contributed by atoms with van der Waals surface area (Å²) in [6, 6.07) is 7.69. The first kappa shape index (κ1) is 23.2. The minimum atomic E-state index is -0.981. The maximum atomic E-state index is 12.8. The minimum Gasteiger partial charge on any atom is -0.385 e. The van der Waals surface area contributed by atoms with Gasteiger partial charge in [-0.1, -0.05) is 26.0 Å². The van der Waals surface area contributed by atoms with Gasteiger partial charge in [-0.25, -0.2) is 4.98 Å². The molecule has 2 aromatic rings. The Kier molecular flexibility index (Phi) is 6.17. The third kappa shape index (κ3) is 5.02. The Morgan fingerprint density at radius 3 is 2.64 bits per heavy atom. The maximum Gasteiger partial charge on any atom is 0.291 e. The average molecular weight is 449 g/mol. The summed E-state index contributed by atoms with van der Waals surface area (Å²) in [4.78, 5) is 19.6. The van der Waals surface area contributed by atoms with Gasteiger partial charge < -0.3 is 20.1 Å². The first-order valence-electron chi connectivity index (χ1n) is 11.6. The van der Waals surface area contributed by atoms with Crippen LogP contribution in [0.2, 0.25) is 0 Å². The van der Waals surface area contributed by atoms with Crippen LogP contribution < -0.4 is 5.32 Å². The van der Waals surface area contributed by atoms with Crippen molar-refractivity contribution >= 4 is 17.2 Å². The molecule has 7 heteroatoms. The monoisotopic (exact) mass is 448 g/mol. The highest BCUT2D eigenvalue weighted by atomic mass is 16.5. The molecule has 1 saturated heterocycles. The Bertz CT molecular complexity index is 1110. The predicted octanol–water partition coefficient (Wildman–Crippen LogP) is 4.90. The average Bonchev–Trinajstić information content (AvgIpc) is 3.23. The zero-order chi connectivity index (χ0) is 23.8. The number of anilines is 1. The van der Waals surface area contributed by atoms with Gasteiger partial charge in [0.2, 0.25) is 0 Å². The topological polar surface area (TPSA) is 111 Å². The van der Waals surface area contributed by atoms with Gasteiger partial charge in [0.25, 0.3) is 5.91 Å². The van der Waals surface area contributed by atoms with Gasteiger partial charge in [-0.2, -0.15) is 5.26 Å². The summed E-state index contributed by atoms with van der Waals surface area (Å²) in [6.45, 7) is 8.49. The summed E-state index contributed by atoms with van der Waals surface area (Å²) in [6.07, 6.45) is 7.53. The number of hydrogen-bond acceptors (Lipinski definition) is 5. The van der Waals surface area contributed by atoms with Crippen molar-refractivity contribution in [1.29, 1.82) is 5.26 Å². The second-order valence-corrected chi connectivity index (χ2v) is 10.3. The molecular weight excluding hydrogens is 416 g/mol. The fraction of sp³-hybridized carbons (Fsp3) is 0.500. The second-order valence-electron chi connectivity index (χ2n) is 10.3. The second kappa shape index (κ2) is 8.77. The lowest BCUT2D eigenvalue weighted by molar-refractivity contribution is -0.135. The van der Waals surface area contributed by atoms with Gasteiger partial charge in [0.05, 0.1) is 17.8 Å². The van der Waals surface area contributed by atoms with E-state index in [4.69, 9.17) is 10.00 Å². The normalized spacial score (nSPS) is 26.8. The van der Waals surface area contributed by atoms with E-state index in [1.54, 1.807) is 0 Å². The van der Waals surface area contributed by atoms with E-state index in [1.165, 1.54) is 11.8 Å². The van der Waals surface area contributed by atoms with Crippen molar-refractivity contribution in [3.05, 3.63) is 53.1 Å². The number of ether oxygens (including phenoxy) is 1. The molecule has 7 nitrogen and oxygen atoms in total. The number of imidazole rings is 1. The first-order valence-corrected chi connectivity index (χ1v) is 11.6. The van der Waals surface area contributed by atoms with Crippen molar-refractivity contribution < 1.29 is 14.6 Å². The maximum absolute atomic E-state index is 12.8. The third-order valence-electron chi connectivity index (χ3n) is 6.75. The quantitative estimate of drug-likeness (QED) is 0.616. The van der Waals surface area contributed by atoms with Crippen LogP contribution in [0.15, 0.2) is 30.5 Å². The number of carbonyl (C=O) groups is 1. The number of nitrogens with one attached hydrogen (secondary N) is 2. The number of benzene rings is 1. The van der Waals surface area contributed by atoms with Gasteiger partial charge in [0.1, 0.15) is 6.07 Å². The molecule has 4 rings (SSSR count). The van der Waals surface area contributed by atoms with Crippen molar-refractivity contribution in [3.63, 3.8) is 0 Å². The van der Waals surface area contributed by atoms with Crippen molar-refractivity contribution in [1.82, 2.24) is 9.97 Å². The van der Waals surface area contributed by atoms with E-state index in [2.05, 4.69) is 35.2 Å². The number of hydrogen-bond donors (Lipinski definition) is 3. The summed E-state index contributed by atoms with van der Waals surface area (Å²) < 4.78 is 5.85. The zero-order valence-corrected chi connectivity index (χ0v) is 19.7. The van der Waals surface area contributed by atoms with E-state index in [9.17, 15) is 9.90 Å². The molecule has 1 aromatic heterocycles. The van der Waals surface area contributed by atoms with Crippen molar-refractivity contribution in [3.8, 4) is 6.07 Å². The molecule has 1 fully saturated rings. The summed E-state index contributed by atoms with van der Waals surface area (Å²) >= 11 is 0. The van der Waals surface area contributed by atoms with E-state index in [1.807, 2.05) is 38.1 Å². The molecule has 0 saturated carbocycles. The fourth-order valence-electron chi connectivity index (χ4n) is 4.97. The zero-order valence-electron chi connectivity index (χ0n) is 19.7. The molecule has 3 N–H and O–H groups in total. The Labute approximate surface area is 194 Å². The van der Waals surface area contributed by atoms with Gasteiger partial charge >= 0.3 is 0 Å². The Morgan fingerprint density at radius 1 is 1.30 bits per heavy atom.